The number of amides is 1. The summed E-state index contributed by atoms with van der Waals surface area (Å²) in [6, 6.07) is 7.41. The van der Waals surface area contributed by atoms with Crippen LogP contribution >= 0.6 is 0 Å². The second kappa shape index (κ2) is 6.55. The fraction of sp³-hybridized carbons (Fsp3) is 0.500. The van der Waals surface area contributed by atoms with E-state index < -0.39 is 11.9 Å². The van der Waals surface area contributed by atoms with Crippen LogP contribution < -0.4 is 5.32 Å². The van der Waals surface area contributed by atoms with Gasteiger partial charge in [0.15, 0.2) is 0 Å². The number of benzene rings is 1. The van der Waals surface area contributed by atoms with Crippen molar-refractivity contribution < 1.29 is 14.7 Å². The van der Waals surface area contributed by atoms with Crippen molar-refractivity contribution >= 4 is 17.6 Å². The molecule has 0 spiro atoms. The highest BCUT2D eigenvalue weighted by Gasteiger charge is 2.21. The molecule has 1 aromatic carbocycles. The number of carbonyl (C=O) groups excluding carboxylic acids is 1. The summed E-state index contributed by atoms with van der Waals surface area (Å²) in [7, 11) is 0. The average Bonchev–Trinajstić information content (AvgIpc) is 3.22. The number of aliphatic carboxylic acids is 1. The third kappa shape index (κ3) is 4.68. The van der Waals surface area contributed by atoms with E-state index in [-0.39, 0.29) is 5.91 Å². The van der Waals surface area contributed by atoms with Crippen molar-refractivity contribution in [1.82, 2.24) is 0 Å². The lowest BCUT2D eigenvalue weighted by Crippen LogP contribution is -2.13. The molecular formula is C16H21NO3. The Kier molecular flexibility index (Phi) is 4.77. The second-order valence-corrected chi connectivity index (χ2v) is 5.67. The van der Waals surface area contributed by atoms with E-state index in [0.717, 1.165) is 23.6 Å². The minimum Gasteiger partial charge on any atom is -0.481 e. The molecule has 1 saturated carbocycles. The molecule has 108 valence electrons. The molecule has 0 radical (unpaired) electrons. The molecule has 4 nitrogen and oxygen atoms in total. The van der Waals surface area contributed by atoms with E-state index in [1.807, 2.05) is 24.3 Å². The summed E-state index contributed by atoms with van der Waals surface area (Å²) in [5.41, 5.74) is 1.74. The highest BCUT2D eigenvalue weighted by Crippen LogP contribution is 2.33. The lowest BCUT2D eigenvalue weighted by atomic mass is 10.0. The number of anilines is 1. The molecule has 0 heterocycles. The van der Waals surface area contributed by atoms with Crippen LogP contribution in [-0.2, 0) is 16.0 Å². The SMILES string of the molecule is CC(Cc1ccc(NC(=O)CCC2CC2)cc1)C(=O)O. The zero-order valence-electron chi connectivity index (χ0n) is 11.8. The third-order valence-corrected chi connectivity index (χ3v) is 3.68. The molecule has 0 bridgehead atoms. The van der Waals surface area contributed by atoms with Crippen molar-refractivity contribution in [3.8, 4) is 0 Å². The van der Waals surface area contributed by atoms with Gasteiger partial charge in [-0.1, -0.05) is 31.9 Å². The standard InChI is InChI=1S/C16H21NO3/c1-11(16(19)20)10-13-4-7-14(8-5-13)17-15(18)9-6-12-2-3-12/h4-5,7-8,11-12H,2-3,6,9-10H2,1H3,(H,17,18)(H,19,20). The molecule has 0 aliphatic heterocycles. The Morgan fingerprint density at radius 2 is 1.95 bits per heavy atom. The fourth-order valence-corrected chi connectivity index (χ4v) is 2.13. The van der Waals surface area contributed by atoms with E-state index in [2.05, 4.69) is 5.32 Å². The zero-order valence-corrected chi connectivity index (χ0v) is 11.8. The van der Waals surface area contributed by atoms with E-state index in [1.165, 1.54) is 12.8 Å². The second-order valence-electron chi connectivity index (χ2n) is 5.67. The third-order valence-electron chi connectivity index (χ3n) is 3.68. The summed E-state index contributed by atoms with van der Waals surface area (Å²) in [5.74, 6) is -0.361. The Hall–Kier alpha value is -1.84. The Morgan fingerprint density at radius 1 is 1.30 bits per heavy atom. The molecule has 0 aromatic heterocycles. The van der Waals surface area contributed by atoms with Gasteiger partial charge in [0, 0.05) is 12.1 Å². The lowest BCUT2D eigenvalue weighted by Gasteiger charge is -2.08. The van der Waals surface area contributed by atoms with Crippen molar-refractivity contribution in [1.29, 1.82) is 0 Å². The number of hydrogen-bond acceptors (Lipinski definition) is 2. The van der Waals surface area contributed by atoms with Gasteiger partial charge in [-0.3, -0.25) is 9.59 Å². The van der Waals surface area contributed by atoms with Gasteiger partial charge in [-0.15, -0.1) is 0 Å². The first-order chi connectivity index (χ1) is 9.54. The number of hydrogen-bond donors (Lipinski definition) is 2. The minimum atomic E-state index is -0.789. The predicted molar refractivity (Wildman–Crippen MR) is 77.5 cm³/mol. The molecular weight excluding hydrogens is 254 g/mol. The van der Waals surface area contributed by atoms with Gasteiger partial charge in [-0.2, -0.15) is 0 Å². The zero-order chi connectivity index (χ0) is 14.5. The van der Waals surface area contributed by atoms with Crippen LogP contribution in [0.25, 0.3) is 0 Å². The highest BCUT2D eigenvalue weighted by atomic mass is 16.4. The number of nitrogens with one attached hydrogen (secondary N) is 1. The molecule has 1 fully saturated rings. The number of carboxylic acid groups (broad SMARTS) is 1. The summed E-state index contributed by atoms with van der Waals surface area (Å²) in [4.78, 5) is 22.5. The first-order valence-electron chi connectivity index (χ1n) is 7.16. The summed E-state index contributed by atoms with van der Waals surface area (Å²) in [6.07, 6.45) is 4.61. The summed E-state index contributed by atoms with van der Waals surface area (Å²) in [6.45, 7) is 1.69. The van der Waals surface area contributed by atoms with Crippen LogP contribution in [0.3, 0.4) is 0 Å². The van der Waals surface area contributed by atoms with Gasteiger partial charge in [0.05, 0.1) is 5.92 Å². The first-order valence-corrected chi connectivity index (χ1v) is 7.16. The van der Waals surface area contributed by atoms with Crippen molar-refractivity contribution in [3.63, 3.8) is 0 Å². The molecule has 1 amide bonds. The Labute approximate surface area is 119 Å². The Morgan fingerprint density at radius 3 is 2.50 bits per heavy atom. The maximum Gasteiger partial charge on any atom is 0.306 e. The highest BCUT2D eigenvalue weighted by molar-refractivity contribution is 5.90. The van der Waals surface area contributed by atoms with Gasteiger partial charge < -0.3 is 10.4 Å². The average molecular weight is 275 g/mol. The lowest BCUT2D eigenvalue weighted by molar-refractivity contribution is -0.141. The molecule has 1 unspecified atom stereocenters. The van der Waals surface area contributed by atoms with Crippen LogP contribution in [0.5, 0.6) is 0 Å². The van der Waals surface area contributed by atoms with E-state index in [9.17, 15) is 9.59 Å². The number of rotatable bonds is 7. The van der Waals surface area contributed by atoms with E-state index in [1.54, 1.807) is 6.92 Å². The largest absolute Gasteiger partial charge is 0.481 e. The normalized spacial score (nSPS) is 15.7. The maximum absolute atomic E-state index is 11.7. The molecule has 2 N–H and O–H groups in total. The van der Waals surface area contributed by atoms with Crippen molar-refractivity contribution in [3.05, 3.63) is 29.8 Å². The van der Waals surface area contributed by atoms with Crippen LogP contribution in [0.15, 0.2) is 24.3 Å². The summed E-state index contributed by atoms with van der Waals surface area (Å²) < 4.78 is 0. The smallest absolute Gasteiger partial charge is 0.306 e. The topological polar surface area (TPSA) is 66.4 Å². The Balaban J connectivity index is 1.80. The molecule has 0 saturated heterocycles. The van der Waals surface area contributed by atoms with E-state index in [4.69, 9.17) is 5.11 Å². The Bertz CT molecular complexity index is 477. The van der Waals surface area contributed by atoms with Crippen molar-refractivity contribution in [2.75, 3.05) is 5.32 Å². The maximum atomic E-state index is 11.7. The molecule has 20 heavy (non-hydrogen) atoms. The van der Waals surface area contributed by atoms with Crippen LogP contribution in [0.1, 0.15) is 38.2 Å². The van der Waals surface area contributed by atoms with Gasteiger partial charge in [-0.25, -0.2) is 0 Å². The first kappa shape index (κ1) is 14.6. The van der Waals surface area contributed by atoms with Crippen LogP contribution in [0.2, 0.25) is 0 Å². The monoisotopic (exact) mass is 275 g/mol. The number of carbonyl (C=O) groups is 2. The molecule has 4 heteroatoms. The molecule has 1 aliphatic rings. The van der Waals surface area contributed by atoms with Crippen LogP contribution in [0, 0.1) is 11.8 Å². The van der Waals surface area contributed by atoms with Crippen LogP contribution in [-0.4, -0.2) is 17.0 Å². The minimum absolute atomic E-state index is 0.0588. The van der Waals surface area contributed by atoms with Crippen molar-refractivity contribution in [2.24, 2.45) is 11.8 Å². The molecule has 1 aliphatic carbocycles. The quantitative estimate of drug-likeness (QED) is 0.803. The van der Waals surface area contributed by atoms with Gasteiger partial charge >= 0.3 is 5.97 Å². The van der Waals surface area contributed by atoms with Gasteiger partial charge in [0.1, 0.15) is 0 Å². The van der Waals surface area contributed by atoms with Gasteiger partial charge in [-0.05, 0) is 36.5 Å². The summed E-state index contributed by atoms with van der Waals surface area (Å²) >= 11 is 0. The van der Waals surface area contributed by atoms with Gasteiger partial charge in [0.2, 0.25) is 5.91 Å². The van der Waals surface area contributed by atoms with E-state index in [0.29, 0.717) is 12.8 Å². The predicted octanol–water partition coefficient (Wildman–Crippen LogP) is 3.08. The molecule has 2 rings (SSSR count). The van der Waals surface area contributed by atoms with E-state index >= 15 is 0 Å². The number of carboxylic acids is 1. The fourth-order valence-electron chi connectivity index (χ4n) is 2.13. The molecule has 1 aromatic rings. The van der Waals surface area contributed by atoms with Crippen molar-refractivity contribution in [2.45, 2.75) is 39.0 Å². The van der Waals surface area contributed by atoms with Crippen LogP contribution in [0.4, 0.5) is 5.69 Å². The summed E-state index contributed by atoms with van der Waals surface area (Å²) in [5, 5.41) is 11.7. The molecule has 1 atom stereocenters. The van der Waals surface area contributed by atoms with Gasteiger partial charge in [0.25, 0.3) is 0 Å².